The van der Waals surface area contributed by atoms with E-state index in [0.29, 0.717) is 0 Å². The summed E-state index contributed by atoms with van der Waals surface area (Å²) in [6, 6.07) is -1.45. The maximum Gasteiger partial charge on any atom is 0.397 e. The minimum absolute atomic E-state index is 0.675. The first kappa shape index (κ1) is 27.7. The lowest BCUT2D eigenvalue weighted by molar-refractivity contribution is -0.341. The summed E-state index contributed by atoms with van der Waals surface area (Å²) in [5.74, 6) is -1.59. The second kappa shape index (κ2) is 11.3. The van der Waals surface area contributed by atoms with Crippen LogP contribution in [0.2, 0.25) is 0 Å². The van der Waals surface area contributed by atoms with Crippen molar-refractivity contribution in [1.29, 1.82) is 0 Å². The Morgan fingerprint density at radius 1 is 0.970 bits per heavy atom. The third-order valence-corrected chi connectivity index (χ3v) is 5.29. The van der Waals surface area contributed by atoms with Gasteiger partial charge in [0.05, 0.1) is 13.2 Å². The van der Waals surface area contributed by atoms with Crippen molar-refractivity contribution >= 4 is 22.3 Å². The first-order valence-electron chi connectivity index (χ1n) is 9.60. The maximum atomic E-state index is 11.6. The molecule has 10 atom stereocenters. The van der Waals surface area contributed by atoms with Crippen molar-refractivity contribution < 1.29 is 71.2 Å². The number of nitrogens with one attached hydrogen (secondary N) is 1. The van der Waals surface area contributed by atoms with Gasteiger partial charge in [-0.2, -0.15) is 8.42 Å². The zero-order valence-corrected chi connectivity index (χ0v) is 18.3. The Kier molecular flexibility index (Phi) is 9.48. The average Bonchev–Trinajstić information content (AvgIpc) is 2.70. The van der Waals surface area contributed by atoms with Gasteiger partial charge >= 0.3 is 16.4 Å². The van der Waals surface area contributed by atoms with Crippen LogP contribution in [0.3, 0.4) is 0 Å². The number of rotatable bonds is 8. The molecule has 0 bridgehead atoms. The first-order chi connectivity index (χ1) is 15.2. The van der Waals surface area contributed by atoms with E-state index in [2.05, 4.69) is 9.50 Å². The summed E-state index contributed by atoms with van der Waals surface area (Å²) >= 11 is 0. The van der Waals surface area contributed by atoms with E-state index in [9.17, 15) is 43.5 Å². The Labute approximate surface area is 187 Å². The highest BCUT2D eigenvalue weighted by Gasteiger charge is 2.52. The van der Waals surface area contributed by atoms with Gasteiger partial charge in [-0.05, 0) is 0 Å². The monoisotopic (exact) mass is 505 g/mol. The lowest BCUT2D eigenvalue weighted by Crippen LogP contribution is -2.67. The molecule has 0 spiro atoms. The van der Waals surface area contributed by atoms with Crippen molar-refractivity contribution in [2.45, 2.75) is 75.2 Å². The van der Waals surface area contributed by atoms with Gasteiger partial charge < -0.3 is 49.8 Å². The van der Waals surface area contributed by atoms with Gasteiger partial charge in [0.1, 0.15) is 42.7 Å². The highest BCUT2D eigenvalue weighted by Crippen LogP contribution is 2.30. The number of carbonyl (C=O) groups excluding carboxylic acids is 2. The molecule has 7 N–H and O–H groups in total. The van der Waals surface area contributed by atoms with Crippen molar-refractivity contribution in [3.8, 4) is 0 Å². The second-order valence-corrected chi connectivity index (χ2v) is 8.47. The third-order valence-electron chi connectivity index (χ3n) is 4.86. The van der Waals surface area contributed by atoms with Crippen LogP contribution in [0.5, 0.6) is 0 Å². The second-order valence-electron chi connectivity index (χ2n) is 7.38. The van der Waals surface area contributed by atoms with Crippen molar-refractivity contribution in [2.24, 2.45) is 0 Å². The van der Waals surface area contributed by atoms with Crippen molar-refractivity contribution in [2.75, 3.05) is 13.2 Å². The van der Waals surface area contributed by atoms with Crippen molar-refractivity contribution in [3.05, 3.63) is 0 Å². The fourth-order valence-electron chi connectivity index (χ4n) is 3.43. The minimum Gasteiger partial charge on any atom is -0.454 e. The molecule has 2 rings (SSSR count). The molecule has 0 unspecified atom stereocenters. The first-order valence-corrected chi connectivity index (χ1v) is 11.0. The lowest BCUT2D eigenvalue weighted by Gasteiger charge is -2.47. The number of carbonyl (C=O) groups is 2. The van der Waals surface area contributed by atoms with Gasteiger partial charge in [0.15, 0.2) is 18.7 Å². The van der Waals surface area contributed by atoms with Gasteiger partial charge in [0, 0.05) is 13.8 Å². The van der Waals surface area contributed by atoms with Crippen LogP contribution in [-0.2, 0) is 43.1 Å². The molecule has 0 aromatic rings. The third kappa shape index (κ3) is 7.23. The molecule has 33 heavy (non-hydrogen) atoms. The number of esters is 1. The molecule has 192 valence electrons. The van der Waals surface area contributed by atoms with E-state index in [-0.39, 0.29) is 0 Å². The number of hydrogen-bond acceptors (Lipinski definition) is 14. The van der Waals surface area contributed by atoms with Crippen LogP contribution >= 0.6 is 0 Å². The molecule has 0 aliphatic carbocycles. The number of ether oxygens (including phenoxy) is 4. The quantitative estimate of drug-likeness (QED) is 0.121. The molecule has 17 heteroatoms. The Bertz CT molecular complexity index is 793. The molecule has 1 amide bonds. The normalized spacial score (nSPS) is 39.6. The van der Waals surface area contributed by atoms with Crippen molar-refractivity contribution in [3.63, 3.8) is 0 Å². The van der Waals surface area contributed by atoms with Crippen LogP contribution in [0.4, 0.5) is 0 Å². The number of aliphatic hydroxyl groups is 5. The lowest BCUT2D eigenvalue weighted by atomic mass is 9.95. The summed E-state index contributed by atoms with van der Waals surface area (Å²) in [6.45, 7) is 0.293. The van der Waals surface area contributed by atoms with Crippen molar-refractivity contribution in [1.82, 2.24) is 5.32 Å². The van der Waals surface area contributed by atoms with Crippen LogP contribution < -0.4 is 5.32 Å². The fraction of sp³-hybridized carbons (Fsp3) is 0.875. The SMILES string of the molecule is CC(=O)N[C@H]1[C@H](O[C@H]2[C@H](O)[C@@H](OC(C)=O)[C@H](O)O[C@@H]2COS(=O)(=O)O)O[C@H](CO)[C@@H](O)[C@@H]1O. The molecule has 2 fully saturated rings. The number of amides is 1. The highest BCUT2D eigenvalue weighted by molar-refractivity contribution is 7.80. The Balaban J connectivity index is 2.35. The molecule has 2 saturated heterocycles. The van der Waals surface area contributed by atoms with Crippen LogP contribution in [0.15, 0.2) is 0 Å². The van der Waals surface area contributed by atoms with Gasteiger partial charge in [0.2, 0.25) is 5.91 Å². The summed E-state index contributed by atoms with van der Waals surface area (Å²) < 4.78 is 55.9. The van der Waals surface area contributed by atoms with E-state index in [1.807, 2.05) is 0 Å². The van der Waals surface area contributed by atoms with Crippen LogP contribution in [0, 0.1) is 0 Å². The van der Waals surface area contributed by atoms with E-state index < -0.39 is 96.8 Å². The van der Waals surface area contributed by atoms with E-state index >= 15 is 0 Å². The van der Waals surface area contributed by atoms with Crippen LogP contribution in [0.1, 0.15) is 13.8 Å². The van der Waals surface area contributed by atoms with E-state index in [4.69, 9.17) is 23.5 Å². The zero-order chi connectivity index (χ0) is 25.1. The molecular weight excluding hydrogens is 478 g/mol. The average molecular weight is 505 g/mol. The van der Waals surface area contributed by atoms with E-state index in [1.54, 1.807) is 0 Å². The molecular formula is C16H27NO15S. The van der Waals surface area contributed by atoms with Gasteiger partial charge in [-0.1, -0.05) is 0 Å². The molecule has 2 aliphatic rings. The molecule has 0 saturated carbocycles. The van der Waals surface area contributed by atoms with Gasteiger partial charge in [-0.25, -0.2) is 4.18 Å². The van der Waals surface area contributed by atoms with Gasteiger partial charge in [-0.15, -0.1) is 0 Å². The van der Waals surface area contributed by atoms with Gasteiger partial charge in [0.25, 0.3) is 0 Å². The topological polar surface area (TPSA) is 248 Å². The zero-order valence-electron chi connectivity index (χ0n) is 17.5. The summed E-state index contributed by atoms with van der Waals surface area (Å²) in [6.07, 6.45) is -15.3. The molecule has 16 nitrogen and oxygen atoms in total. The molecule has 0 radical (unpaired) electrons. The van der Waals surface area contributed by atoms with E-state index in [0.717, 1.165) is 13.8 Å². The van der Waals surface area contributed by atoms with Crippen LogP contribution in [0.25, 0.3) is 0 Å². The number of hydrogen-bond donors (Lipinski definition) is 7. The summed E-state index contributed by atoms with van der Waals surface area (Å²) in [5.41, 5.74) is 0. The predicted molar refractivity (Wildman–Crippen MR) is 100 cm³/mol. The summed E-state index contributed by atoms with van der Waals surface area (Å²) in [4.78, 5) is 22.9. The number of aliphatic hydroxyl groups excluding tert-OH is 5. The molecule has 2 heterocycles. The molecule has 0 aromatic carbocycles. The minimum atomic E-state index is -4.98. The Hall–Kier alpha value is -1.51. The van der Waals surface area contributed by atoms with Gasteiger partial charge in [-0.3, -0.25) is 14.1 Å². The summed E-state index contributed by atoms with van der Waals surface area (Å²) in [7, 11) is -4.98. The molecule has 2 aliphatic heterocycles. The standard InChI is InChI=1S/C16H27NO15S/c1-5(19)17-9-11(22)10(21)7(3-18)31-16(9)32-13-8(4-28-33(25,26)27)30-15(24)14(12(13)23)29-6(2)20/h7-16,18,21-24H,3-4H2,1-2H3,(H,17,19)(H,25,26,27)/t7-,8-,9-,10-,11-,12+,13-,14-,15-,16+/m1/s1. The fourth-order valence-corrected chi connectivity index (χ4v) is 3.73. The molecule has 0 aromatic heterocycles. The highest BCUT2D eigenvalue weighted by atomic mass is 32.3. The maximum absolute atomic E-state index is 11.6. The predicted octanol–water partition coefficient (Wildman–Crippen LogP) is -4.86. The van der Waals surface area contributed by atoms with Crippen LogP contribution in [-0.4, -0.2) is 125 Å². The summed E-state index contributed by atoms with van der Waals surface area (Å²) in [5, 5.41) is 52.9. The Morgan fingerprint density at radius 2 is 1.61 bits per heavy atom. The smallest absolute Gasteiger partial charge is 0.397 e. The van der Waals surface area contributed by atoms with E-state index in [1.165, 1.54) is 0 Å². The Morgan fingerprint density at radius 3 is 2.12 bits per heavy atom. The largest absolute Gasteiger partial charge is 0.454 e.